The van der Waals surface area contributed by atoms with Crippen LogP contribution in [0.2, 0.25) is 0 Å². The maximum Gasteiger partial charge on any atom is 0.409 e. The van der Waals surface area contributed by atoms with Crippen molar-refractivity contribution in [2.24, 2.45) is 0 Å². The number of carbonyl (C=O) groups excluding carboxylic acids is 1. The smallest absolute Gasteiger partial charge is 0.409 e. The summed E-state index contributed by atoms with van der Waals surface area (Å²) in [6.45, 7) is 2.24. The van der Waals surface area contributed by atoms with Gasteiger partial charge in [0.15, 0.2) is 0 Å². The summed E-state index contributed by atoms with van der Waals surface area (Å²) < 4.78 is 4.90. The van der Waals surface area contributed by atoms with Crippen molar-refractivity contribution in [2.45, 2.75) is 32.2 Å². The van der Waals surface area contributed by atoms with Crippen LogP contribution in [-0.2, 0) is 4.74 Å². The van der Waals surface area contributed by atoms with Gasteiger partial charge in [0.2, 0.25) is 0 Å². The highest BCUT2D eigenvalue weighted by Gasteiger charge is 2.20. The highest BCUT2D eigenvalue weighted by atomic mass is 16.6. The highest BCUT2D eigenvalue weighted by Crippen LogP contribution is 2.13. The molecule has 0 spiro atoms. The minimum Gasteiger partial charge on any atom is -0.450 e. The summed E-state index contributed by atoms with van der Waals surface area (Å²) in [5, 5.41) is 0. The molecule has 0 saturated heterocycles. The Labute approximate surface area is 79.1 Å². The summed E-state index contributed by atoms with van der Waals surface area (Å²) >= 11 is 0. The molecular weight excluding hydrogens is 166 g/mol. The molecule has 0 radical (unpaired) electrons. The summed E-state index contributed by atoms with van der Waals surface area (Å²) in [6, 6.07) is 0.236. The third-order valence-corrected chi connectivity index (χ3v) is 2.17. The first kappa shape index (κ1) is 9.91. The van der Waals surface area contributed by atoms with E-state index in [1.165, 1.54) is 0 Å². The predicted molar refractivity (Wildman–Crippen MR) is 50.2 cm³/mol. The van der Waals surface area contributed by atoms with E-state index in [-0.39, 0.29) is 12.1 Å². The first-order valence-electron chi connectivity index (χ1n) is 4.61. The molecule has 0 saturated carbocycles. The molecule has 13 heavy (non-hydrogen) atoms. The number of nitrogens with zero attached hydrogens (tertiary/aromatic N) is 1. The SMILES string of the molecule is CCOC(=O)N(C)C1CC#CCC1. The molecule has 1 unspecified atom stereocenters. The molecule has 3 nitrogen and oxygen atoms in total. The normalized spacial score (nSPS) is 20.0. The summed E-state index contributed by atoms with van der Waals surface area (Å²) in [5.74, 6) is 6.02. The van der Waals surface area contributed by atoms with Crippen LogP contribution in [0.1, 0.15) is 26.2 Å². The standard InChI is InChI=1S/C10H15NO2/c1-3-13-10(12)11(2)9-7-5-4-6-8-9/h9H,3,5,7-8H2,1-2H3. The van der Waals surface area contributed by atoms with Gasteiger partial charge < -0.3 is 9.64 Å². The zero-order valence-corrected chi connectivity index (χ0v) is 8.17. The van der Waals surface area contributed by atoms with Crippen LogP contribution in [0.25, 0.3) is 0 Å². The Morgan fingerprint density at radius 3 is 2.92 bits per heavy atom. The minimum atomic E-state index is -0.240. The number of rotatable bonds is 2. The molecule has 0 aromatic rings. The molecular formula is C10H15NO2. The van der Waals surface area contributed by atoms with E-state index in [4.69, 9.17) is 4.74 Å². The van der Waals surface area contributed by atoms with Gasteiger partial charge >= 0.3 is 6.09 Å². The Bertz CT molecular complexity index is 239. The molecule has 0 aromatic carbocycles. The van der Waals surface area contributed by atoms with Crippen LogP contribution in [0.5, 0.6) is 0 Å². The summed E-state index contributed by atoms with van der Waals surface area (Å²) in [7, 11) is 1.77. The topological polar surface area (TPSA) is 29.5 Å². The van der Waals surface area contributed by atoms with Crippen LogP contribution >= 0.6 is 0 Å². The van der Waals surface area contributed by atoms with Gasteiger partial charge in [-0.3, -0.25) is 0 Å². The number of hydrogen-bond acceptors (Lipinski definition) is 2. The molecule has 0 N–H and O–H groups in total. The third-order valence-electron chi connectivity index (χ3n) is 2.17. The lowest BCUT2D eigenvalue weighted by atomic mass is 10.0. The van der Waals surface area contributed by atoms with Crippen LogP contribution in [0, 0.1) is 11.8 Å². The molecule has 1 amide bonds. The average molecular weight is 181 g/mol. The molecule has 1 aliphatic rings. The van der Waals surface area contributed by atoms with Crippen molar-refractivity contribution in [1.82, 2.24) is 4.90 Å². The second-order valence-corrected chi connectivity index (χ2v) is 3.06. The summed E-state index contributed by atoms with van der Waals surface area (Å²) in [4.78, 5) is 12.9. The molecule has 0 bridgehead atoms. The number of hydrogen-bond donors (Lipinski definition) is 0. The fourth-order valence-electron chi connectivity index (χ4n) is 1.32. The van der Waals surface area contributed by atoms with Gasteiger partial charge in [0, 0.05) is 25.9 Å². The van der Waals surface area contributed by atoms with E-state index in [1.807, 2.05) is 6.92 Å². The van der Waals surface area contributed by atoms with E-state index in [0.29, 0.717) is 6.61 Å². The number of amides is 1. The first-order valence-corrected chi connectivity index (χ1v) is 4.61. The predicted octanol–water partition coefficient (Wildman–Crippen LogP) is 1.63. The molecule has 1 atom stereocenters. The fraction of sp³-hybridized carbons (Fsp3) is 0.700. The van der Waals surface area contributed by atoms with Gasteiger partial charge in [-0.2, -0.15) is 0 Å². The monoisotopic (exact) mass is 181 g/mol. The van der Waals surface area contributed by atoms with Crippen molar-refractivity contribution in [1.29, 1.82) is 0 Å². The number of ether oxygens (including phenoxy) is 1. The molecule has 72 valence electrons. The van der Waals surface area contributed by atoms with Crippen molar-refractivity contribution >= 4 is 6.09 Å². The van der Waals surface area contributed by atoms with Gasteiger partial charge in [-0.15, -0.1) is 11.8 Å². The quantitative estimate of drug-likeness (QED) is 0.606. The van der Waals surface area contributed by atoms with Gasteiger partial charge in [0.05, 0.1) is 6.61 Å². The second-order valence-electron chi connectivity index (χ2n) is 3.06. The van der Waals surface area contributed by atoms with Gasteiger partial charge in [-0.25, -0.2) is 4.79 Å². The molecule has 1 aliphatic carbocycles. The molecule has 0 aromatic heterocycles. The Morgan fingerprint density at radius 1 is 1.62 bits per heavy atom. The van der Waals surface area contributed by atoms with Crippen molar-refractivity contribution < 1.29 is 9.53 Å². The maximum absolute atomic E-state index is 11.3. The van der Waals surface area contributed by atoms with Crippen LogP contribution in [0.15, 0.2) is 0 Å². The molecule has 0 fully saturated rings. The van der Waals surface area contributed by atoms with E-state index >= 15 is 0 Å². The second kappa shape index (κ2) is 4.76. The van der Waals surface area contributed by atoms with Crippen molar-refractivity contribution in [2.75, 3.05) is 13.7 Å². The average Bonchev–Trinajstić information content (AvgIpc) is 2.18. The molecule has 3 heteroatoms. The third kappa shape index (κ3) is 2.66. The van der Waals surface area contributed by atoms with E-state index in [1.54, 1.807) is 11.9 Å². The van der Waals surface area contributed by atoms with Crippen molar-refractivity contribution in [3.63, 3.8) is 0 Å². The largest absolute Gasteiger partial charge is 0.450 e. The number of carbonyl (C=O) groups is 1. The van der Waals surface area contributed by atoms with Gasteiger partial charge in [0.25, 0.3) is 0 Å². The highest BCUT2D eigenvalue weighted by molar-refractivity contribution is 5.67. The Morgan fingerprint density at radius 2 is 2.38 bits per heavy atom. The van der Waals surface area contributed by atoms with Gasteiger partial charge in [0.1, 0.15) is 0 Å². The van der Waals surface area contributed by atoms with Gasteiger partial charge in [-0.1, -0.05) is 0 Å². The van der Waals surface area contributed by atoms with Gasteiger partial charge in [-0.05, 0) is 13.3 Å². The lowest BCUT2D eigenvalue weighted by molar-refractivity contribution is 0.100. The van der Waals surface area contributed by atoms with Crippen LogP contribution < -0.4 is 0 Å². The zero-order chi connectivity index (χ0) is 9.68. The van der Waals surface area contributed by atoms with Crippen LogP contribution in [0.3, 0.4) is 0 Å². The minimum absolute atomic E-state index is 0.236. The van der Waals surface area contributed by atoms with Crippen molar-refractivity contribution in [3.05, 3.63) is 0 Å². The lowest BCUT2D eigenvalue weighted by Gasteiger charge is -2.26. The Hall–Kier alpha value is -1.17. The molecule has 1 rings (SSSR count). The van der Waals surface area contributed by atoms with E-state index in [9.17, 15) is 4.79 Å². The van der Waals surface area contributed by atoms with E-state index in [0.717, 1.165) is 19.3 Å². The van der Waals surface area contributed by atoms with E-state index in [2.05, 4.69) is 11.8 Å². The first-order chi connectivity index (χ1) is 6.25. The molecule has 0 aliphatic heterocycles. The maximum atomic E-state index is 11.3. The van der Waals surface area contributed by atoms with E-state index < -0.39 is 0 Å². The summed E-state index contributed by atoms with van der Waals surface area (Å²) in [6.07, 6.45) is 2.38. The summed E-state index contributed by atoms with van der Waals surface area (Å²) in [5.41, 5.74) is 0. The lowest BCUT2D eigenvalue weighted by Crippen LogP contribution is -2.37. The van der Waals surface area contributed by atoms with Crippen molar-refractivity contribution in [3.8, 4) is 11.8 Å². The van der Waals surface area contributed by atoms with Crippen LogP contribution in [-0.4, -0.2) is 30.7 Å². The zero-order valence-electron chi connectivity index (χ0n) is 8.17. The Balaban J connectivity index is 2.43. The fourth-order valence-corrected chi connectivity index (χ4v) is 1.32. The van der Waals surface area contributed by atoms with Crippen LogP contribution in [0.4, 0.5) is 4.79 Å². The molecule has 0 heterocycles. The Kier molecular flexibility index (Phi) is 3.63.